The summed E-state index contributed by atoms with van der Waals surface area (Å²) in [5.74, 6) is -0.554. The number of hydrogen-bond donors (Lipinski definition) is 1. The number of rotatable bonds is 8. The summed E-state index contributed by atoms with van der Waals surface area (Å²) in [5, 5.41) is 0.443. The second kappa shape index (κ2) is 11.4. The van der Waals surface area contributed by atoms with Crippen LogP contribution < -0.4 is 34.3 Å². The molecule has 4 heterocycles. The van der Waals surface area contributed by atoms with Crippen molar-refractivity contribution in [3.05, 3.63) is 47.8 Å². The van der Waals surface area contributed by atoms with Gasteiger partial charge in [0.2, 0.25) is 5.79 Å². The Morgan fingerprint density at radius 1 is 1.14 bits per heavy atom. The van der Waals surface area contributed by atoms with E-state index in [1.807, 2.05) is 44.2 Å². The van der Waals surface area contributed by atoms with Crippen LogP contribution in [0.1, 0.15) is 32.4 Å². The molecule has 1 unspecified atom stereocenters. The van der Waals surface area contributed by atoms with Crippen LogP contribution in [0.25, 0.3) is 11.0 Å². The molecule has 2 saturated heterocycles. The summed E-state index contributed by atoms with van der Waals surface area (Å²) < 4.78 is 42.4. The quantitative estimate of drug-likeness (QED) is 0.433. The van der Waals surface area contributed by atoms with Crippen LogP contribution in [-0.2, 0) is 35.5 Å². The molecule has 5 rings (SSSR count). The van der Waals surface area contributed by atoms with Crippen LogP contribution in [0, 0.1) is 6.92 Å². The standard InChI is InChI=1S/C24H29N3O6S.Na.H/c1-3-23(32-15-24(16-33-23)30-12-13-31-24)9-11-29-21-8-10-25-20(17(21)2)14-34(28)22-26-18-6-4-5-7-19(18)27-22;;/h4-8,10H,3,9,11-16H2,1-2H3,(H,26,27);;/q;+1;-1. The average molecular weight is 512 g/mol. The van der Waals surface area contributed by atoms with Crippen molar-refractivity contribution in [2.24, 2.45) is 0 Å². The largest absolute Gasteiger partial charge is 1.00 e. The molecule has 1 atom stereocenters. The van der Waals surface area contributed by atoms with E-state index >= 15 is 0 Å². The van der Waals surface area contributed by atoms with Gasteiger partial charge in [-0.25, -0.2) is 4.98 Å². The Kier molecular flexibility index (Phi) is 8.65. The maximum absolute atomic E-state index is 12.9. The molecule has 11 heteroatoms. The fourth-order valence-electron chi connectivity index (χ4n) is 4.16. The van der Waals surface area contributed by atoms with Crippen LogP contribution in [-0.4, -0.2) is 63.8 Å². The molecule has 1 aromatic carbocycles. The summed E-state index contributed by atoms with van der Waals surface area (Å²) >= 11 is 0. The predicted octanol–water partition coefficient (Wildman–Crippen LogP) is 0.356. The molecule has 3 aromatic rings. The van der Waals surface area contributed by atoms with Crippen molar-refractivity contribution in [3.8, 4) is 5.75 Å². The summed E-state index contributed by atoms with van der Waals surface area (Å²) in [6.07, 6.45) is 2.92. The summed E-state index contributed by atoms with van der Waals surface area (Å²) in [6, 6.07) is 9.45. The Morgan fingerprint density at radius 2 is 1.89 bits per heavy atom. The number of pyridine rings is 1. The Labute approximate surface area is 230 Å². The molecule has 1 N–H and O–H groups in total. The van der Waals surface area contributed by atoms with Crippen molar-refractivity contribution < 1.29 is 58.9 Å². The summed E-state index contributed by atoms with van der Waals surface area (Å²) in [4.78, 5) is 12.0. The normalized spacial score (nSPS) is 19.5. The van der Waals surface area contributed by atoms with Gasteiger partial charge in [0.1, 0.15) is 19.0 Å². The number of benzene rings is 1. The van der Waals surface area contributed by atoms with Gasteiger partial charge >= 0.3 is 29.6 Å². The first kappa shape index (κ1) is 26.7. The van der Waals surface area contributed by atoms with Crippen LogP contribution in [0.4, 0.5) is 0 Å². The van der Waals surface area contributed by atoms with E-state index in [0.29, 0.717) is 62.5 Å². The van der Waals surface area contributed by atoms with Gasteiger partial charge in [-0.3, -0.25) is 9.19 Å². The Morgan fingerprint density at radius 3 is 2.60 bits per heavy atom. The fraction of sp³-hybridized carbons (Fsp3) is 0.500. The van der Waals surface area contributed by atoms with E-state index in [1.165, 1.54) is 0 Å². The van der Waals surface area contributed by atoms with Gasteiger partial charge in [0.15, 0.2) is 10.9 Å². The zero-order valence-corrected chi connectivity index (χ0v) is 23.2. The third-order valence-electron chi connectivity index (χ3n) is 6.31. The molecule has 2 aliphatic rings. The molecule has 1 spiro atoms. The van der Waals surface area contributed by atoms with E-state index < -0.39 is 22.4 Å². The van der Waals surface area contributed by atoms with Crippen molar-refractivity contribution in [2.45, 2.75) is 49.2 Å². The third-order valence-corrected chi connectivity index (χ3v) is 7.47. The second-order valence-electron chi connectivity index (χ2n) is 8.48. The number of H-pyrrole nitrogens is 1. The summed E-state index contributed by atoms with van der Waals surface area (Å²) in [6.45, 7) is 6.14. The zero-order chi connectivity index (χ0) is 23.6. The topological polar surface area (TPSA) is 105 Å². The molecule has 0 saturated carbocycles. The maximum Gasteiger partial charge on any atom is 1.00 e. The molecular weight excluding hydrogens is 481 g/mol. The van der Waals surface area contributed by atoms with E-state index in [9.17, 15) is 4.21 Å². The molecule has 2 fully saturated rings. The minimum absolute atomic E-state index is 0. The van der Waals surface area contributed by atoms with Gasteiger partial charge in [0.05, 0.1) is 53.1 Å². The number of nitrogens with one attached hydrogen (secondary N) is 1. The number of ether oxygens (including phenoxy) is 5. The van der Waals surface area contributed by atoms with Crippen LogP contribution in [0.15, 0.2) is 41.7 Å². The van der Waals surface area contributed by atoms with Crippen LogP contribution in [0.5, 0.6) is 5.75 Å². The van der Waals surface area contributed by atoms with Crippen molar-refractivity contribution in [1.29, 1.82) is 0 Å². The first-order chi connectivity index (χ1) is 16.5. The molecule has 0 bridgehead atoms. The summed E-state index contributed by atoms with van der Waals surface area (Å²) in [7, 11) is -1.36. The van der Waals surface area contributed by atoms with Crippen LogP contribution in [0.2, 0.25) is 0 Å². The van der Waals surface area contributed by atoms with Gasteiger partial charge in [-0.1, -0.05) is 19.1 Å². The SMILES string of the molecule is CCC1(CCOc2ccnc(CS(=O)c3nc4ccccc4[nH]3)c2C)OCC2(CO1)OCCO2.[H-].[Na+]. The van der Waals surface area contributed by atoms with E-state index in [2.05, 4.69) is 15.0 Å². The molecule has 35 heavy (non-hydrogen) atoms. The molecule has 2 aliphatic heterocycles. The first-order valence-electron chi connectivity index (χ1n) is 11.5. The number of aromatic nitrogens is 3. The van der Waals surface area contributed by atoms with Gasteiger partial charge < -0.3 is 30.1 Å². The third kappa shape index (κ3) is 5.80. The molecule has 2 aromatic heterocycles. The van der Waals surface area contributed by atoms with Crippen molar-refractivity contribution in [2.75, 3.05) is 33.0 Å². The fourth-order valence-corrected chi connectivity index (χ4v) is 5.26. The van der Waals surface area contributed by atoms with Crippen molar-refractivity contribution in [1.82, 2.24) is 15.0 Å². The second-order valence-corrected chi connectivity index (χ2v) is 9.84. The minimum atomic E-state index is -1.36. The number of nitrogens with zero attached hydrogens (tertiary/aromatic N) is 2. The average Bonchev–Trinajstić information content (AvgIpc) is 3.50. The molecule has 9 nitrogen and oxygen atoms in total. The predicted molar refractivity (Wildman–Crippen MR) is 126 cm³/mol. The molecule has 0 amide bonds. The van der Waals surface area contributed by atoms with Gasteiger partial charge in [0.25, 0.3) is 0 Å². The zero-order valence-electron chi connectivity index (χ0n) is 21.4. The number of aromatic amines is 1. The van der Waals surface area contributed by atoms with Gasteiger partial charge in [0, 0.05) is 18.2 Å². The molecule has 0 aliphatic carbocycles. The number of imidazole rings is 1. The smallest absolute Gasteiger partial charge is 1.00 e. The first-order valence-corrected chi connectivity index (χ1v) is 12.8. The van der Waals surface area contributed by atoms with Gasteiger partial charge in [-0.15, -0.1) is 0 Å². The summed E-state index contributed by atoms with van der Waals surface area (Å²) in [5.41, 5.74) is 3.22. The monoisotopic (exact) mass is 511 g/mol. The number of para-hydroxylation sites is 2. The van der Waals surface area contributed by atoms with Crippen LogP contribution >= 0.6 is 0 Å². The number of fused-ring (bicyclic) bond motifs is 1. The van der Waals surface area contributed by atoms with E-state index in [0.717, 1.165) is 16.6 Å². The van der Waals surface area contributed by atoms with Crippen molar-refractivity contribution in [3.63, 3.8) is 0 Å². The molecule has 184 valence electrons. The van der Waals surface area contributed by atoms with Gasteiger partial charge in [-0.05, 0) is 31.5 Å². The van der Waals surface area contributed by atoms with Crippen LogP contribution in [0.3, 0.4) is 0 Å². The Bertz CT molecular complexity index is 1150. The molecular formula is C24H30N3NaO6S. The maximum atomic E-state index is 12.9. The van der Waals surface area contributed by atoms with Crippen molar-refractivity contribution >= 4 is 21.8 Å². The Balaban J connectivity index is 0.00000180. The minimum Gasteiger partial charge on any atom is -1.00 e. The van der Waals surface area contributed by atoms with E-state index in [-0.39, 0.29) is 36.7 Å². The van der Waals surface area contributed by atoms with Gasteiger partial charge in [-0.2, -0.15) is 0 Å². The van der Waals surface area contributed by atoms with E-state index in [1.54, 1.807) is 6.20 Å². The Hall–Kier alpha value is -1.37. The van der Waals surface area contributed by atoms with E-state index in [4.69, 9.17) is 23.7 Å². The molecule has 0 radical (unpaired) electrons. The number of hydrogen-bond acceptors (Lipinski definition) is 8.